The van der Waals surface area contributed by atoms with Gasteiger partial charge in [0.15, 0.2) is 0 Å². The Morgan fingerprint density at radius 1 is 1.24 bits per heavy atom. The molecule has 21 heavy (non-hydrogen) atoms. The minimum absolute atomic E-state index is 0.0400. The predicted molar refractivity (Wildman–Crippen MR) is 71.9 cm³/mol. The van der Waals surface area contributed by atoms with Crippen LogP contribution in [0.2, 0.25) is 0 Å². The Hall–Kier alpha value is -1.62. The Kier molecular flexibility index (Phi) is 2.35. The molecule has 2 fully saturated rings. The molecule has 5 nitrogen and oxygen atoms in total. The Labute approximate surface area is 122 Å². The lowest BCUT2D eigenvalue weighted by atomic mass is 9.49. The fourth-order valence-electron chi connectivity index (χ4n) is 5.02. The van der Waals surface area contributed by atoms with Crippen LogP contribution in [0, 0.1) is 16.7 Å². The van der Waals surface area contributed by atoms with Crippen LogP contribution in [0.5, 0.6) is 0 Å². The van der Waals surface area contributed by atoms with E-state index in [2.05, 4.69) is 0 Å². The topological polar surface area (TPSA) is 72.8 Å². The van der Waals surface area contributed by atoms with E-state index in [4.69, 9.17) is 9.47 Å². The maximum Gasteiger partial charge on any atom is 0.331 e. The first-order valence-corrected chi connectivity index (χ1v) is 7.34. The van der Waals surface area contributed by atoms with Gasteiger partial charge in [-0.2, -0.15) is 0 Å². The van der Waals surface area contributed by atoms with Gasteiger partial charge in [0.1, 0.15) is 12.7 Å². The first-order valence-electron chi connectivity index (χ1n) is 7.34. The van der Waals surface area contributed by atoms with Crippen LogP contribution in [0.25, 0.3) is 0 Å². The first-order chi connectivity index (χ1) is 9.84. The molecular weight excluding hydrogens is 272 g/mol. The highest BCUT2D eigenvalue weighted by Gasteiger charge is 2.66. The van der Waals surface area contributed by atoms with E-state index in [9.17, 15) is 14.7 Å². The van der Waals surface area contributed by atoms with Gasteiger partial charge in [-0.05, 0) is 37.0 Å². The largest absolute Gasteiger partial charge is 0.458 e. The van der Waals surface area contributed by atoms with E-state index in [0.717, 1.165) is 11.1 Å². The molecule has 0 unspecified atom stereocenters. The molecule has 4 aliphatic rings. The SMILES string of the molecule is C[C@@]12C[C@@H](O)C[C@]3(C)C4=CC(=O)OCC4=C[C@@H](OC1=O)[C@@H]23. The molecule has 5 heteroatoms. The molecule has 5 atom stereocenters. The Balaban J connectivity index is 1.94. The van der Waals surface area contributed by atoms with Gasteiger partial charge in [0.2, 0.25) is 0 Å². The number of cyclic esters (lactones) is 1. The van der Waals surface area contributed by atoms with Gasteiger partial charge >= 0.3 is 11.9 Å². The van der Waals surface area contributed by atoms with E-state index in [0.29, 0.717) is 12.8 Å². The highest BCUT2D eigenvalue weighted by molar-refractivity contribution is 5.87. The minimum atomic E-state index is -0.693. The summed E-state index contributed by atoms with van der Waals surface area (Å²) in [7, 11) is 0. The fraction of sp³-hybridized carbons (Fsp3) is 0.625. The molecule has 2 aliphatic heterocycles. The molecule has 0 bridgehead atoms. The highest BCUT2D eigenvalue weighted by Crippen LogP contribution is 2.63. The summed E-state index contributed by atoms with van der Waals surface area (Å²) >= 11 is 0. The summed E-state index contributed by atoms with van der Waals surface area (Å²) in [5.74, 6) is -0.638. The van der Waals surface area contributed by atoms with E-state index < -0.39 is 16.9 Å². The minimum Gasteiger partial charge on any atom is -0.458 e. The molecule has 4 rings (SSSR count). The zero-order chi connectivity index (χ0) is 15.0. The number of carbonyl (C=O) groups is 2. The number of hydrogen-bond donors (Lipinski definition) is 1. The first kappa shape index (κ1) is 13.1. The molecule has 0 aromatic rings. The van der Waals surface area contributed by atoms with Crippen LogP contribution >= 0.6 is 0 Å². The standard InChI is InChI=1S/C16H18O5/c1-15-5-9(17)6-16(2)13(15)11(21-14(16)19)3-8-7-20-12(18)4-10(8)15/h3-4,9,11,13,17H,5-7H2,1-2H3/t9-,11+,13+,15+,16-/m0/s1. The maximum absolute atomic E-state index is 12.4. The van der Waals surface area contributed by atoms with Gasteiger partial charge in [0.05, 0.1) is 11.5 Å². The van der Waals surface area contributed by atoms with E-state index >= 15 is 0 Å². The van der Waals surface area contributed by atoms with Gasteiger partial charge in [-0.25, -0.2) is 4.79 Å². The molecule has 2 heterocycles. The van der Waals surface area contributed by atoms with Gasteiger partial charge in [-0.3, -0.25) is 4.79 Å². The molecule has 0 spiro atoms. The van der Waals surface area contributed by atoms with Crippen LogP contribution in [0.4, 0.5) is 0 Å². The van der Waals surface area contributed by atoms with Crippen molar-refractivity contribution in [2.45, 2.75) is 38.9 Å². The van der Waals surface area contributed by atoms with Crippen molar-refractivity contribution in [3.63, 3.8) is 0 Å². The Morgan fingerprint density at radius 3 is 2.71 bits per heavy atom. The number of ether oxygens (including phenoxy) is 2. The number of esters is 2. The van der Waals surface area contributed by atoms with Gasteiger partial charge < -0.3 is 14.6 Å². The van der Waals surface area contributed by atoms with Crippen LogP contribution in [-0.2, 0) is 19.1 Å². The van der Waals surface area contributed by atoms with Crippen LogP contribution < -0.4 is 0 Å². The summed E-state index contributed by atoms with van der Waals surface area (Å²) in [5.41, 5.74) is 0.682. The van der Waals surface area contributed by atoms with Crippen molar-refractivity contribution in [1.29, 1.82) is 0 Å². The molecule has 1 saturated heterocycles. The van der Waals surface area contributed by atoms with Crippen molar-refractivity contribution in [3.8, 4) is 0 Å². The predicted octanol–water partition coefficient (Wildman–Crippen LogP) is 1.12. The molecule has 2 aliphatic carbocycles. The number of hydrogen-bond acceptors (Lipinski definition) is 5. The lowest BCUT2D eigenvalue weighted by molar-refractivity contribution is -0.150. The fourth-order valence-corrected chi connectivity index (χ4v) is 5.02. The third-order valence-electron chi connectivity index (χ3n) is 5.69. The summed E-state index contributed by atoms with van der Waals surface area (Å²) in [5, 5.41) is 10.3. The van der Waals surface area contributed by atoms with E-state index in [1.165, 1.54) is 6.08 Å². The highest BCUT2D eigenvalue weighted by atomic mass is 16.6. The van der Waals surface area contributed by atoms with Crippen molar-refractivity contribution in [2.24, 2.45) is 16.7 Å². The van der Waals surface area contributed by atoms with Crippen LogP contribution in [0.15, 0.2) is 23.3 Å². The normalized spacial score (nSPS) is 47.7. The molecule has 1 N–H and O–H groups in total. The van der Waals surface area contributed by atoms with Crippen molar-refractivity contribution in [3.05, 3.63) is 23.3 Å². The summed E-state index contributed by atoms with van der Waals surface area (Å²) < 4.78 is 10.6. The summed E-state index contributed by atoms with van der Waals surface area (Å²) in [6.07, 6.45) is 3.54. The van der Waals surface area contributed by atoms with Gasteiger partial charge in [-0.15, -0.1) is 0 Å². The van der Waals surface area contributed by atoms with Crippen LogP contribution in [-0.4, -0.2) is 35.9 Å². The Morgan fingerprint density at radius 2 is 1.95 bits per heavy atom. The summed E-state index contributed by atoms with van der Waals surface area (Å²) in [6.45, 7) is 4.12. The molecule has 0 radical (unpaired) electrons. The molecule has 0 aromatic heterocycles. The van der Waals surface area contributed by atoms with Crippen molar-refractivity contribution < 1.29 is 24.2 Å². The lowest BCUT2D eigenvalue weighted by Gasteiger charge is -2.53. The van der Waals surface area contributed by atoms with Crippen LogP contribution in [0.3, 0.4) is 0 Å². The summed E-state index contributed by atoms with van der Waals surface area (Å²) in [6, 6.07) is 0. The monoisotopic (exact) mass is 290 g/mol. The van der Waals surface area contributed by atoms with E-state index in [1.807, 2.05) is 19.9 Å². The summed E-state index contributed by atoms with van der Waals surface area (Å²) in [4.78, 5) is 24.0. The van der Waals surface area contributed by atoms with E-state index in [1.54, 1.807) is 0 Å². The van der Waals surface area contributed by atoms with Crippen molar-refractivity contribution in [2.75, 3.05) is 6.61 Å². The quantitative estimate of drug-likeness (QED) is 0.677. The second-order valence-corrected chi connectivity index (χ2v) is 7.10. The lowest BCUT2D eigenvalue weighted by Crippen LogP contribution is -2.54. The zero-order valence-corrected chi connectivity index (χ0v) is 12.1. The van der Waals surface area contributed by atoms with Crippen molar-refractivity contribution >= 4 is 11.9 Å². The van der Waals surface area contributed by atoms with Crippen molar-refractivity contribution in [1.82, 2.24) is 0 Å². The van der Waals surface area contributed by atoms with E-state index in [-0.39, 0.29) is 30.6 Å². The van der Waals surface area contributed by atoms with Gasteiger partial charge in [0.25, 0.3) is 0 Å². The van der Waals surface area contributed by atoms with Gasteiger partial charge in [0, 0.05) is 17.4 Å². The van der Waals surface area contributed by atoms with Crippen LogP contribution in [0.1, 0.15) is 26.7 Å². The molecule has 1 saturated carbocycles. The zero-order valence-electron chi connectivity index (χ0n) is 12.1. The second kappa shape index (κ2) is 3.77. The second-order valence-electron chi connectivity index (χ2n) is 7.10. The number of carbonyl (C=O) groups excluding carboxylic acids is 2. The van der Waals surface area contributed by atoms with Gasteiger partial charge in [-0.1, -0.05) is 6.92 Å². The number of rotatable bonds is 0. The molecule has 0 amide bonds. The number of aliphatic hydroxyl groups is 1. The third kappa shape index (κ3) is 1.50. The average molecular weight is 290 g/mol. The third-order valence-corrected chi connectivity index (χ3v) is 5.69. The number of aliphatic hydroxyl groups excluding tert-OH is 1. The number of fused-ring (bicyclic) bond motifs is 2. The molecule has 0 aromatic carbocycles. The average Bonchev–Trinajstić information content (AvgIpc) is 2.62. The smallest absolute Gasteiger partial charge is 0.331 e. The Bertz CT molecular complexity index is 618. The molecule has 112 valence electrons. The molecular formula is C16H18O5. The maximum atomic E-state index is 12.4.